The van der Waals surface area contributed by atoms with Crippen LogP contribution in [-0.4, -0.2) is 25.6 Å². The number of methoxy groups -OCH3 is 1. The smallest absolute Gasteiger partial charge is 0.231 e. The molecule has 4 rings (SSSR count). The van der Waals surface area contributed by atoms with Crippen LogP contribution in [0.25, 0.3) is 0 Å². The van der Waals surface area contributed by atoms with Crippen molar-refractivity contribution < 1.29 is 19.3 Å². The fourth-order valence-electron chi connectivity index (χ4n) is 3.55. The molecule has 4 nitrogen and oxygen atoms in total. The Labute approximate surface area is 129 Å². The summed E-state index contributed by atoms with van der Waals surface area (Å²) in [7, 11) is 1.66. The van der Waals surface area contributed by atoms with Crippen LogP contribution in [0, 0.1) is 5.92 Å². The first kappa shape index (κ1) is 13.5. The first-order valence-corrected chi connectivity index (χ1v) is 7.47. The summed E-state index contributed by atoms with van der Waals surface area (Å²) in [5, 5.41) is 9.79. The molecule has 1 heterocycles. The summed E-state index contributed by atoms with van der Waals surface area (Å²) < 4.78 is 16.2. The Balaban J connectivity index is 1.77. The molecule has 0 unspecified atom stereocenters. The van der Waals surface area contributed by atoms with Gasteiger partial charge in [-0.3, -0.25) is 0 Å². The van der Waals surface area contributed by atoms with Crippen molar-refractivity contribution in [2.45, 2.75) is 12.3 Å². The molecule has 2 aromatic carbocycles. The highest BCUT2D eigenvalue weighted by molar-refractivity contribution is 5.54. The first-order valence-electron chi connectivity index (χ1n) is 7.47. The minimum atomic E-state index is 0.164. The van der Waals surface area contributed by atoms with Crippen LogP contribution in [0.15, 0.2) is 36.4 Å². The summed E-state index contributed by atoms with van der Waals surface area (Å²) in [6.45, 7) is 0.451. The molecule has 0 spiro atoms. The Bertz CT molecular complexity index is 693. The quantitative estimate of drug-likeness (QED) is 0.946. The lowest BCUT2D eigenvalue weighted by Gasteiger charge is -2.19. The zero-order valence-corrected chi connectivity index (χ0v) is 12.4. The molecule has 0 bridgehead atoms. The summed E-state index contributed by atoms with van der Waals surface area (Å²) in [5.74, 6) is 2.82. The van der Waals surface area contributed by atoms with Crippen LogP contribution >= 0.6 is 0 Å². The molecule has 0 radical (unpaired) electrons. The lowest BCUT2D eigenvalue weighted by Crippen LogP contribution is -2.13. The van der Waals surface area contributed by atoms with Crippen LogP contribution in [0.1, 0.15) is 22.6 Å². The minimum absolute atomic E-state index is 0.164. The molecule has 0 saturated carbocycles. The van der Waals surface area contributed by atoms with Crippen molar-refractivity contribution in [3.63, 3.8) is 0 Å². The van der Waals surface area contributed by atoms with Crippen molar-refractivity contribution in [3.05, 3.63) is 53.1 Å². The molecular formula is C18H18O4. The van der Waals surface area contributed by atoms with E-state index in [2.05, 4.69) is 24.3 Å². The standard InChI is InChI=1S/C18H18O4/c1-20-14-4-2-11(3-5-14)18-13(9-19)6-12-7-16-17(8-15(12)18)22-10-21-16/h2-5,7-8,13,18-19H,6,9-10H2,1H3/t13-,18+/m1/s1. The highest BCUT2D eigenvalue weighted by Crippen LogP contribution is 2.47. The van der Waals surface area contributed by atoms with Gasteiger partial charge in [0.15, 0.2) is 11.5 Å². The van der Waals surface area contributed by atoms with Gasteiger partial charge in [0.2, 0.25) is 6.79 Å². The minimum Gasteiger partial charge on any atom is -0.497 e. The maximum atomic E-state index is 9.79. The van der Waals surface area contributed by atoms with E-state index in [1.807, 2.05) is 12.1 Å². The maximum Gasteiger partial charge on any atom is 0.231 e. The fraction of sp³-hybridized carbons (Fsp3) is 0.333. The van der Waals surface area contributed by atoms with Gasteiger partial charge in [-0.1, -0.05) is 12.1 Å². The average molecular weight is 298 g/mol. The summed E-state index contributed by atoms with van der Waals surface area (Å²) in [6, 6.07) is 12.2. The van der Waals surface area contributed by atoms with E-state index in [-0.39, 0.29) is 25.2 Å². The molecule has 2 atom stereocenters. The largest absolute Gasteiger partial charge is 0.497 e. The Kier molecular flexibility index (Phi) is 3.19. The van der Waals surface area contributed by atoms with Crippen molar-refractivity contribution in [3.8, 4) is 17.2 Å². The number of rotatable bonds is 3. The van der Waals surface area contributed by atoms with E-state index < -0.39 is 0 Å². The van der Waals surface area contributed by atoms with E-state index >= 15 is 0 Å². The van der Waals surface area contributed by atoms with Gasteiger partial charge in [-0.15, -0.1) is 0 Å². The normalized spacial score (nSPS) is 21.7. The molecule has 0 fully saturated rings. The molecule has 0 saturated heterocycles. The van der Waals surface area contributed by atoms with E-state index in [1.165, 1.54) is 16.7 Å². The molecule has 0 amide bonds. The van der Waals surface area contributed by atoms with Gasteiger partial charge < -0.3 is 19.3 Å². The Morgan fingerprint density at radius 1 is 1.14 bits per heavy atom. The zero-order valence-electron chi connectivity index (χ0n) is 12.4. The molecule has 1 aliphatic carbocycles. The summed E-state index contributed by atoms with van der Waals surface area (Å²) in [5.41, 5.74) is 3.66. The predicted molar refractivity (Wildman–Crippen MR) is 81.7 cm³/mol. The second-order valence-corrected chi connectivity index (χ2v) is 5.80. The maximum absolute atomic E-state index is 9.79. The highest BCUT2D eigenvalue weighted by atomic mass is 16.7. The molecular weight excluding hydrogens is 280 g/mol. The summed E-state index contributed by atoms with van der Waals surface area (Å²) in [4.78, 5) is 0. The van der Waals surface area contributed by atoms with Crippen molar-refractivity contribution >= 4 is 0 Å². The van der Waals surface area contributed by atoms with Gasteiger partial charge in [0, 0.05) is 12.5 Å². The van der Waals surface area contributed by atoms with Crippen LogP contribution in [0.5, 0.6) is 17.2 Å². The van der Waals surface area contributed by atoms with Crippen molar-refractivity contribution in [1.29, 1.82) is 0 Å². The predicted octanol–water partition coefficient (Wildman–Crippen LogP) is 2.72. The number of aliphatic hydroxyl groups is 1. The molecule has 114 valence electrons. The van der Waals surface area contributed by atoms with Crippen LogP contribution in [0.4, 0.5) is 0 Å². The van der Waals surface area contributed by atoms with Gasteiger partial charge >= 0.3 is 0 Å². The van der Waals surface area contributed by atoms with Gasteiger partial charge in [-0.25, -0.2) is 0 Å². The number of aliphatic hydroxyl groups excluding tert-OH is 1. The fourth-order valence-corrected chi connectivity index (χ4v) is 3.55. The summed E-state index contributed by atoms with van der Waals surface area (Å²) >= 11 is 0. The first-order chi connectivity index (χ1) is 10.8. The van der Waals surface area contributed by atoms with E-state index in [0.29, 0.717) is 0 Å². The van der Waals surface area contributed by atoms with Crippen molar-refractivity contribution in [2.75, 3.05) is 20.5 Å². The van der Waals surface area contributed by atoms with Crippen LogP contribution in [0.2, 0.25) is 0 Å². The molecule has 2 aromatic rings. The molecule has 22 heavy (non-hydrogen) atoms. The van der Waals surface area contributed by atoms with Crippen LogP contribution in [-0.2, 0) is 6.42 Å². The zero-order chi connectivity index (χ0) is 15.1. The molecule has 1 N–H and O–H groups in total. The second-order valence-electron chi connectivity index (χ2n) is 5.80. The molecule has 0 aromatic heterocycles. The SMILES string of the molecule is COc1ccc([C@@H]2c3cc4c(cc3C[C@@H]2CO)OCO4)cc1. The topological polar surface area (TPSA) is 47.9 Å². The second kappa shape index (κ2) is 5.21. The molecule has 2 aliphatic rings. The van der Waals surface area contributed by atoms with Gasteiger partial charge in [0.05, 0.1) is 7.11 Å². The third kappa shape index (κ3) is 2.03. The van der Waals surface area contributed by atoms with Crippen LogP contribution in [0.3, 0.4) is 0 Å². The van der Waals surface area contributed by atoms with E-state index in [1.54, 1.807) is 7.11 Å². The van der Waals surface area contributed by atoms with Gasteiger partial charge in [0.25, 0.3) is 0 Å². The lowest BCUT2D eigenvalue weighted by molar-refractivity contribution is 0.173. The number of fused-ring (bicyclic) bond motifs is 2. The third-order valence-electron chi connectivity index (χ3n) is 4.63. The Hall–Kier alpha value is -2.20. The van der Waals surface area contributed by atoms with E-state index in [0.717, 1.165) is 23.7 Å². The molecule has 4 heteroatoms. The van der Waals surface area contributed by atoms with E-state index in [9.17, 15) is 5.11 Å². The van der Waals surface area contributed by atoms with Crippen molar-refractivity contribution in [2.24, 2.45) is 5.92 Å². The summed E-state index contributed by atoms with van der Waals surface area (Å²) in [6.07, 6.45) is 0.860. The van der Waals surface area contributed by atoms with Gasteiger partial charge in [-0.2, -0.15) is 0 Å². The monoisotopic (exact) mass is 298 g/mol. The average Bonchev–Trinajstić information content (AvgIpc) is 3.15. The Morgan fingerprint density at radius 2 is 1.86 bits per heavy atom. The highest BCUT2D eigenvalue weighted by Gasteiger charge is 2.35. The van der Waals surface area contributed by atoms with Crippen molar-refractivity contribution in [1.82, 2.24) is 0 Å². The number of hydrogen-bond donors (Lipinski definition) is 1. The Morgan fingerprint density at radius 3 is 2.55 bits per heavy atom. The van der Waals surface area contributed by atoms with Gasteiger partial charge in [0.1, 0.15) is 5.75 Å². The third-order valence-corrected chi connectivity index (χ3v) is 4.63. The van der Waals surface area contributed by atoms with E-state index in [4.69, 9.17) is 14.2 Å². The number of ether oxygens (including phenoxy) is 3. The molecule has 1 aliphatic heterocycles. The number of hydrogen-bond acceptors (Lipinski definition) is 4. The van der Waals surface area contributed by atoms with Crippen LogP contribution < -0.4 is 14.2 Å². The number of benzene rings is 2. The lowest BCUT2D eigenvalue weighted by atomic mass is 9.86. The van der Waals surface area contributed by atoms with Gasteiger partial charge in [-0.05, 0) is 53.3 Å².